The first kappa shape index (κ1) is 11.6. The molecule has 0 bridgehead atoms. The molecule has 0 saturated carbocycles. The minimum atomic E-state index is -0.267. The summed E-state index contributed by atoms with van der Waals surface area (Å²) in [6.45, 7) is 6.23. The standard InChI is InChI=1S/C10H17BN2S/c1-6-7-8(10(2,3)11)14-9(12-4)13(7)5/h6H2,1-5H3. The van der Waals surface area contributed by atoms with Gasteiger partial charge in [-0.15, -0.1) is 11.3 Å². The second-order valence-corrected chi connectivity index (χ2v) is 5.00. The number of hydrogen-bond donors (Lipinski definition) is 0. The maximum absolute atomic E-state index is 6.13. The van der Waals surface area contributed by atoms with E-state index in [1.807, 2.05) is 27.9 Å². The first-order chi connectivity index (χ1) is 6.41. The lowest BCUT2D eigenvalue weighted by atomic mass is 9.71. The average molecular weight is 208 g/mol. The molecule has 1 aromatic heterocycles. The fraction of sp³-hybridized carbons (Fsp3) is 0.700. The van der Waals surface area contributed by atoms with Crippen molar-refractivity contribution in [2.24, 2.45) is 12.0 Å². The van der Waals surface area contributed by atoms with Crippen molar-refractivity contribution < 1.29 is 0 Å². The average Bonchev–Trinajstić information content (AvgIpc) is 2.41. The van der Waals surface area contributed by atoms with Crippen molar-refractivity contribution in [3.05, 3.63) is 15.4 Å². The molecule has 0 N–H and O–H groups in total. The zero-order valence-corrected chi connectivity index (χ0v) is 10.4. The van der Waals surface area contributed by atoms with Gasteiger partial charge in [0.25, 0.3) is 0 Å². The van der Waals surface area contributed by atoms with E-state index in [0.29, 0.717) is 0 Å². The predicted molar refractivity (Wildman–Crippen MR) is 62.9 cm³/mol. The Morgan fingerprint density at radius 2 is 2.07 bits per heavy atom. The Morgan fingerprint density at radius 1 is 1.50 bits per heavy atom. The number of thiazole rings is 1. The highest BCUT2D eigenvalue weighted by molar-refractivity contribution is 7.09. The summed E-state index contributed by atoms with van der Waals surface area (Å²) in [6.07, 6.45) is 0.998. The van der Waals surface area contributed by atoms with Crippen molar-refractivity contribution >= 4 is 19.2 Å². The van der Waals surface area contributed by atoms with Crippen molar-refractivity contribution in [1.29, 1.82) is 0 Å². The lowest BCUT2D eigenvalue weighted by Crippen LogP contribution is -2.18. The molecule has 0 aliphatic carbocycles. The monoisotopic (exact) mass is 208 g/mol. The summed E-state index contributed by atoms with van der Waals surface area (Å²) < 4.78 is 2.13. The van der Waals surface area contributed by atoms with E-state index in [0.717, 1.165) is 11.2 Å². The molecule has 1 aromatic rings. The van der Waals surface area contributed by atoms with Crippen molar-refractivity contribution in [3.63, 3.8) is 0 Å². The van der Waals surface area contributed by atoms with Crippen LogP contribution in [-0.4, -0.2) is 19.5 Å². The number of nitrogens with zero attached hydrogens (tertiary/aromatic N) is 2. The zero-order valence-electron chi connectivity index (χ0n) is 9.59. The summed E-state index contributed by atoms with van der Waals surface area (Å²) in [5.74, 6) is 0. The molecule has 1 rings (SSSR count). The number of hydrogen-bond acceptors (Lipinski definition) is 2. The van der Waals surface area contributed by atoms with Gasteiger partial charge in [-0.3, -0.25) is 4.99 Å². The fourth-order valence-electron chi connectivity index (χ4n) is 1.58. The van der Waals surface area contributed by atoms with Crippen LogP contribution in [0.5, 0.6) is 0 Å². The summed E-state index contributed by atoms with van der Waals surface area (Å²) in [5.41, 5.74) is 1.29. The Labute approximate surface area is 91.1 Å². The maximum atomic E-state index is 6.13. The number of aromatic nitrogens is 1. The van der Waals surface area contributed by atoms with E-state index in [1.165, 1.54) is 10.6 Å². The molecule has 1 heterocycles. The summed E-state index contributed by atoms with van der Waals surface area (Å²) in [6, 6.07) is 0. The van der Waals surface area contributed by atoms with E-state index in [-0.39, 0.29) is 5.31 Å². The molecule has 2 nitrogen and oxygen atoms in total. The molecule has 0 saturated heterocycles. The van der Waals surface area contributed by atoms with Crippen LogP contribution in [0.1, 0.15) is 31.3 Å². The van der Waals surface area contributed by atoms with Gasteiger partial charge in [0, 0.05) is 24.7 Å². The molecule has 76 valence electrons. The predicted octanol–water partition coefficient (Wildman–Crippen LogP) is 1.58. The Morgan fingerprint density at radius 3 is 2.36 bits per heavy atom. The van der Waals surface area contributed by atoms with Crippen LogP contribution in [0.15, 0.2) is 4.99 Å². The first-order valence-electron chi connectivity index (χ1n) is 4.82. The molecule has 14 heavy (non-hydrogen) atoms. The fourth-order valence-corrected chi connectivity index (χ4v) is 2.77. The zero-order chi connectivity index (χ0) is 10.9. The molecule has 0 aromatic carbocycles. The summed E-state index contributed by atoms with van der Waals surface area (Å²) in [4.78, 5) is 6.52. The quantitative estimate of drug-likeness (QED) is 0.656. The second kappa shape index (κ2) is 3.93. The van der Waals surface area contributed by atoms with Gasteiger partial charge >= 0.3 is 0 Å². The Bertz CT molecular complexity index is 382. The van der Waals surface area contributed by atoms with E-state index in [2.05, 4.69) is 16.5 Å². The van der Waals surface area contributed by atoms with E-state index >= 15 is 0 Å². The third kappa shape index (κ3) is 1.95. The van der Waals surface area contributed by atoms with Gasteiger partial charge in [0.15, 0.2) is 4.80 Å². The van der Waals surface area contributed by atoms with Crippen LogP contribution in [0.3, 0.4) is 0 Å². The molecular weight excluding hydrogens is 191 g/mol. The van der Waals surface area contributed by atoms with Gasteiger partial charge in [-0.1, -0.05) is 20.8 Å². The molecule has 2 radical (unpaired) electrons. The molecular formula is C10H17BN2S. The Balaban J connectivity index is 3.46. The van der Waals surface area contributed by atoms with Crippen LogP contribution in [-0.2, 0) is 18.8 Å². The smallest absolute Gasteiger partial charge is 0.184 e. The molecule has 0 unspecified atom stereocenters. The summed E-state index contributed by atoms with van der Waals surface area (Å²) in [7, 11) is 9.99. The van der Waals surface area contributed by atoms with E-state index in [1.54, 1.807) is 11.3 Å². The third-order valence-electron chi connectivity index (χ3n) is 2.26. The van der Waals surface area contributed by atoms with Gasteiger partial charge in [-0.25, -0.2) is 0 Å². The van der Waals surface area contributed by atoms with Gasteiger partial charge in [0.2, 0.25) is 0 Å². The van der Waals surface area contributed by atoms with Crippen LogP contribution < -0.4 is 4.80 Å². The van der Waals surface area contributed by atoms with Gasteiger partial charge in [-0.05, 0) is 11.7 Å². The molecule has 0 fully saturated rings. The van der Waals surface area contributed by atoms with Gasteiger partial charge in [-0.2, -0.15) is 0 Å². The van der Waals surface area contributed by atoms with Crippen molar-refractivity contribution in [1.82, 2.24) is 4.57 Å². The van der Waals surface area contributed by atoms with Crippen LogP contribution in [0.4, 0.5) is 0 Å². The lowest BCUT2D eigenvalue weighted by Gasteiger charge is -2.18. The third-order valence-corrected chi connectivity index (χ3v) is 3.86. The van der Waals surface area contributed by atoms with Gasteiger partial charge in [0.05, 0.1) is 7.85 Å². The van der Waals surface area contributed by atoms with Crippen molar-refractivity contribution in [2.75, 3.05) is 7.05 Å². The molecule has 0 aliphatic heterocycles. The van der Waals surface area contributed by atoms with Crippen LogP contribution in [0, 0.1) is 0 Å². The highest BCUT2D eigenvalue weighted by Crippen LogP contribution is 2.26. The van der Waals surface area contributed by atoms with Crippen LogP contribution in [0.2, 0.25) is 0 Å². The van der Waals surface area contributed by atoms with Crippen molar-refractivity contribution in [2.45, 2.75) is 32.5 Å². The SMILES string of the molecule is [B]C(C)(C)c1sc(=NC)n(C)c1CC. The van der Waals surface area contributed by atoms with E-state index in [4.69, 9.17) is 7.85 Å². The summed E-state index contributed by atoms with van der Waals surface area (Å²) in [5, 5.41) is -0.267. The first-order valence-corrected chi connectivity index (χ1v) is 5.64. The minimum absolute atomic E-state index is 0.267. The second-order valence-electron chi connectivity index (χ2n) is 4.02. The highest BCUT2D eigenvalue weighted by atomic mass is 32.1. The lowest BCUT2D eigenvalue weighted by molar-refractivity contribution is 0.724. The molecule has 0 amide bonds. The molecule has 0 atom stereocenters. The van der Waals surface area contributed by atoms with Crippen LogP contribution >= 0.6 is 11.3 Å². The van der Waals surface area contributed by atoms with Crippen molar-refractivity contribution in [3.8, 4) is 0 Å². The molecule has 4 heteroatoms. The van der Waals surface area contributed by atoms with Crippen LogP contribution in [0.25, 0.3) is 0 Å². The van der Waals surface area contributed by atoms with E-state index in [9.17, 15) is 0 Å². The maximum Gasteiger partial charge on any atom is 0.184 e. The minimum Gasteiger partial charge on any atom is -0.324 e. The topological polar surface area (TPSA) is 17.3 Å². The number of rotatable bonds is 2. The van der Waals surface area contributed by atoms with Gasteiger partial charge < -0.3 is 4.57 Å². The molecule has 0 aliphatic rings. The molecule has 0 spiro atoms. The summed E-state index contributed by atoms with van der Waals surface area (Å²) >= 11 is 1.69. The Hall–Kier alpha value is -0.505. The normalized spacial score (nSPS) is 13.6. The Kier molecular flexibility index (Phi) is 3.25. The van der Waals surface area contributed by atoms with Gasteiger partial charge in [0.1, 0.15) is 0 Å². The van der Waals surface area contributed by atoms with E-state index < -0.39 is 0 Å². The highest BCUT2D eigenvalue weighted by Gasteiger charge is 2.21. The largest absolute Gasteiger partial charge is 0.324 e.